The van der Waals surface area contributed by atoms with Crippen molar-refractivity contribution in [1.29, 1.82) is 0 Å². The smallest absolute Gasteiger partial charge is 0.273 e. The summed E-state index contributed by atoms with van der Waals surface area (Å²) in [5.74, 6) is 1.34. The molecule has 0 bridgehead atoms. The van der Waals surface area contributed by atoms with Gasteiger partial charge in [-0.1, -0.05) is 18.5 Å². The number of ether oxygens (including phenoxy) is 1. The minimum atomic E-state index is -0.0143. The van der Waals surface area contributed by atoms with Crippen LogP contribution >= 0.6 is 11.6 Å². The van der Waals surface area contributed by atoms with E-state index in [1.165, 1.54) is 0 Å². The number of rotatable bonds is 5. The topological polar surface area (TPSA) is 61.8 Å². The zero-order valence-electron chi connectivity index (χ0n) is 16.2. The predicted octanol–water partition coefficient (Wildman–Crippen LogP) is 3.10. The molecule has 0 aliphatic carbocycles. The van der Waals surface area contributed by atoms with E-state index in [1.54, 1.807) is 0 Å². The van der Waals surface area contributed by atoms with Crippen LogP contribution in [0, 0.1) is 0 Å². The molecule has 0 N–H and O–H groups in total. The van der Waals surface area contributed by atoms with Gasteiger partial charge in [0.25, 0.3) is 5.91 Å². The molecule has 0 atom stereocenters. The Labute approximate surface area is 169 Å². The van der Waals surface area contributed by atoms with Crippen LogP contribution in [-0.4, -0.2) is 60.7 Å². The first-order valence-corrected chi connectivity index (χ1v) is 9.98. The molecule has 2 aromatic rings. The van der Waals surface area contributed by atoms with Crippen LogP contribution in [0.5, 0.6) is 0 Å². The molecule has 1 aromatic carbocycles. The van der Waals surface area contributed by atoms with Gasteiger partial charge in [0.15, 0.2) is 0 Å². The Hall–Kier alpha value is -2.38. The number of benzene rings is 1. The zero-order chi connectivity index (χ0) is 19.7. The molecule has 1 amide bonds. The van der Waals surface area contributed by atoms with Crippen LogP contribution in [0.3, 0.4) is 0 Å². The van der Waals surface area contributed by atoms with Crippen molar-refractivity contribution in [3.63, 3.8) is 0 Å². The lowest BCUT2D eigenvalue weighted by Gasteiger charge is -2.28. The summed E-state index contributed by atoms with van der Waals surface area (Å²) in [7, 11) is 1.96. The fraction of sp³-hybridized carbons (Fsp3) is 0.450. The van der Waals surface area contributed by atoms with Gasteiger partial charge < -0.3 is 19.4 Å². The monoisotopic (exact) mass is 401 g/mol. The van der Waals surface area contributed by atoms with E-state index in [0.717, 1.165) is 36.6 Å². The largest absolute Gasteiger partial charge is 0.378 e. The van der Waals surface area contributed by atoms with E-state index in [2.05, 4.69) is 16.8 Å². The third kappa shape index (κ3) is 3.52. The second-order valence-corrected chi connectivity index (χ2v) is 7.47. The van der Waals surface area contributed by atoms with E-state index >= 15 is 0 Å². The van der Waals surface area contributed by atoms with Gasteiger partial charge in [-0.3, -0.25) is 4.79 Å². The van der Waals surface area contributed by atoms with Crippen molar-refractivity contribution in [2.45, 2.75) is 19.9 Å². The van der Waals surface area contributed by atoms with Crippen LogP contribution in [0.2, 0.25) is 5.02 Å². The SMILES string of the molecule is CCCN1Cc2c(nc(N3CCOCC3)nc2N(C)c2ccc(Cl)cc2)C1=O. The van der Waals surface area contributed by atoms with Gasteiger partial charge in [0, 0.05) is 43.0 Å². The lowest BCUT2D eigenvalue weighted by Crippen LogP contribution is -2.38. The van der Waals surface area contributed by atoms with Gasteiger partial charge in [-0.25, -0.2) is 4.98 Å². The summed E-state index contributed by atoms with van der Waals surface area (Å²) in [6.07, 6.45) is 0.909. The minimum Gasteiger partial charge on any atom is -0.378 e. The first kappa shape index (κ1) is 19.0. The number of anilines is 3. The normalized spacial score (nSPS) is 16.5. The molecule has 0 saturated carbocycles. The van der Waals surface area contributed by atoms with Crippen molar-refractivity contribution in [3.8, 4) is 0 Å². The summed E-state index contributed by atoms with van der Waals surface area (Å²) >= 11 is 6.04. The van der Waals surface area contributed by atoms with E-state index in [9.17, 15) is 4.79 Å². The molecule has 148 valence electrons. The molecule has 1 aromatic heterocycles. The second-order valence-electron chi connectivity index (χ2n) is 7.04. The molecule has 1 fully saturated rings. The maximum Gasteiger partial charge on any atom is 0.273 e. The molecule has 8 heteroatoms. The zero-order valence-corrected chi connectivity index (χ0v) is 16.9. The summed E-state index contributed by atoms with van der Waals surface area (Å²) in [6.45, 7) is 6.04. The Morgan fingerprint density at radius 3 is 2.57 bits per heavy atom. The molecule has 4 rings (SSSR count). The first-order chi connectivity index (χ1) is 13.6. The fourth-order valence-electron chi connectivity index (χ4n) is 3.62. The summed E-state index contributed by atoms with van der Waals surface area (Å²) in [5.41, 5.74) is 2.35. The molecule has 1 saturated heterocycles. The Kier molecular flexibility index (Phi) is 5.37. The van der Waals surface area contributed by atoms with Crippen molar-refractivity contribution in [1.82, 2.24) is 14.9 Å². The third-order valence-electron chi connectivity index (χ3n) is 5.13. The average Bonchev–Trinajstić information content (AvgIpc) is 3.04. The van der Waals surface area contributed by atoms with E-state index < -0.39 is 0 Å². The number of halogens is 1. The van der Waals surface area contributed by atoms with Gasteiger partial charge in [-0.05, 0) is 30.7 Å². The van der Waals surface area contributed by atoms with Crippen LogP contribution in [-0.2, 0) is 11.3 Å². The summed E-state index contributed by atoms with van der Waals surface area (Å²) in [6, 6.07) is 7.61. The van der Waals surface area contributed by atoms with Crippen molar-refractivity contribution >= 4 is 35.0 Å². The van der Waals surface area contributed by atoms with Crippen LogP contribution in [0.25, 0.3) is 0 Å². The standard InChI is InChI=1S/C20H24ClN5O2/c1-3-8-26-13-16-17(19(26)27)22-20(25-9-11-28-12-10-25)23-18(16)24(2)15-6-4-14(21)5-7-15/h4-7H,3,8-13H2,1-2H3. The molecule has 2 aliphatic heterocycles. The van der Waals surface area contributed by atoms with Gasteiger partial charge in [0.1, 0.15) is 11.5 Å². The number of hydrogen-bond donors (Lipinski definition) is 0. The Bertz CT molecular complexity index is 868. The highest BCUT2D eigenvalue weighted by Crippen LogP contribution is 2.34. The Morgan fingerprint density at radius 1 is 1.18 bits per heavy atom. The van der Waals surface area contributed by atoms with Gasteiger partial charge in [-0.15, -0.1) is 0 Å². The fourth-order valence-corrected chi connectivity index (χ4v) is 3.74. The van der Waals surface area contributed by atoms with Crippen molar-refractivity contribution in [3.05, 3.63) is 40.5 Å². The van der Waals surface area contributed by atoms with E-state index in [1.807, 2.05) is 41.1 Å². The molecule has 0 radical (unpaired) electrons. The molecule has 2 aliphatic rings. The van der Waals surface area contributed by atoms with E-state index in [-0.39, 0.29) is 5.91 Å². The molecular weight excluding hydrogens is 378 g/mol. The lowest BCUT2D eigenvalue weighted by atomic mass is 10.2. The van der Waals surface area contributed by atoms with Gasteiger partial charge in [0.05, 0.1) is 19.8 Å². The summed E-state index contributed by atoms with van der Waals surface area (Å²) in [4.78, 5) is 28.4. The van der Waals surface area contributed by atoms with E-state index in [0.29, 0.717) is 43.0 Å². The number of fused-ring (bicyclic) bond motifs is 1. The predicted molar refractivity (Wildman–Crippen MR) is 110 cm³/mol. The summed E-state index contributed by atoms with van der Waals surface area (Å²) in [5, 5.41) is 0.684. The van der Waals surface area contributed by atoms with Crippen molar-refractivity contribution in [2.75, 3.05) is 49.7 Å². The molecule has 3 heterocycles. The number of amides is 1. The molecular formula is C20H24ClN5O2. The average molecular weight is 402 g/mol. The molecule has 0 spiro atoms. The minimum absolute atomic E-state index is 0.0143. The second kappa shape index (κ2) is 7.93. The van der Waals surface area contributed by atoms with Crippen LogP contribution < -0.4 is 9.80 Å². The number of morpholine rings is 1. The van der Waals surface area contributed by atoms with E-state index in [4.69, 9.17) is 21.3 Å². The number of carbonyl (C=O) groups is 1. The van der Waals surface area contributed by atoms with Crippen LogP contribution in [0.1, 0.15) is 29.4 Å². The van der Waals surface area contributed by atoms with Gasteiger partial charge in [0.2, 0.25) is 5.95 Å². The highest BCUT2D eigenvalue weighted by molar-refractivity contribution is 6.30. The number of nitrogens with zero attached hydrogens (tertiary/aromatic N) is 5. The molecule has 0 unspecified atom stereocenters. The van der Waals surface area contributed by atoms with Crippen molar-refractivity contribution < 1.29 is 9.53 Å². The number of aromatic nitrogens is 2. The Morgan fingerprint density at radius 2 is 1.89 bits per heavy atom. The van der Waals surface area contributed by atoms with Crippen molar-refractivity contribution in [2.24, 2.45) is 0 Å². The summed E-state index contributed by atoms with van der Waals surface area (Å²) < 4.78 is 5.45. The van der Waals surface area contributed by atoms with Crippen LogP contribution in [0.4, 0.5) is 17.5 Å². The Balaban J connectivity index is 1.77. The number of carbonyl (C=O) groups excluding carboxylic acids is 1. The first-order valence-electron chi connectivity index (χ1n) is 9.60. The van der Waals surface area contributed by atoms with Crippen LogP contribution in [0.15, 0.2) is 24.3 Å². The lowest BCUT2D eigenvalue weighted by molar-refractivity contribution is 0.0774. The maximum atomic E-state index is 12.9. The molecule has 28 heavy (non-hydrogen) atoms. The highest BCUT2D eigenvalue weighted by atomic mass is 35.5. The highest BCUT2D eigenvalue weighted by Gasteiger charge is 2.34. The quantitative estimate of drug-likeness (QED) is 0.767. The number of hydrogen-bond acceptors (Lipinski definition) is 6. The third-order valence-corrected chi connectivity index (χ3v) is 5.38. The molecule has 7 nitrogen and oxygen atoms in total. The maximum absolute atomic E-state index is 12.9. The van der Waals surface area contributed by atoms with Gasteiger partial charge in [-0.2, -0.15) is 4.98 Å². The van der Waals surface area contributed by atoms with Gasteiger partial charge >= 0.3 is 0 Å².